The quantitative estimate of drug-likeness (QED) is 0.576. The highest BCUT2D eigenvalue weighted by Crippen LogP contribution is 2.33. The second-order valence-corrected chi connectivity index (χ2v) is 6.57. The molecule has 2 aromatic rings. The molecule has 0 saturated carbocycles. The van der Waals surface area contributed by atoms with Gasteiger partial charge in [-0.1, -0.05) is 29.8 Å². The summed E-state index contributed by atoms with van der Waals surface area (Å²) in [5, 5.41) is 12.2. The standard InChI is InChI=1S/C17H11BrClFN2O3/c18-11-5-9(6-12(19)15(11)23)7-14-16(24)22(17(25)21-14)8-10-3-1-2-4-13(10)20/h1-7,23H,8H2,(H,21,25)/b14-7+. The van der Waals surface area contributed by atoms with Gasteiger partial charge in [-0.15, -0.1) is 0 Å². The third-order valence-corrected chi connectivity index (χ3v) is 4.49. The number of rotatable bonds is 3. The fraction of sp³-hybridized carbons (Fsp3) is 0.0588. The molecule has 0 bridgehead atoms. The smallest absolute Gasteiger partial charge is 0.329 e. The third kappa shape index (κ3) is 3.52. The largest absolute Gasteiger partial charge is 0.505 e. The first kappa shape index (κ1) is 17.4. The maximum atomic E-state index is 13.7. The van der Waals surface area contributed by atoms with Crippen LogP contribution in [0.5, 0.6) is 5.75 Å². The van der Waals surface area contributed by atoms with E-state index in [2.05, 4.69) is 21.2 Å². The molecule has 1 aliphatic heterocycles. The topological polar surface area (TPSA) is 69.6 Å². The summed E-state index contributed by atoms with van der Waals surface area (Å²) in [6.07, 6.45) is 1.43. The van der Waals surface area contributed by atoms with Gasteiger partial charge in [0.25, 0.3) is 5.91 Å². The Hall–Kier alpha value is -2.38. The number of hydrogen-bond donors (Lipinski definition) is 2. The second-order valence-electron chi connectivity index (χ2n) is 5.30. The van der Waals surface area contributed by atoms with E-state index in [1.165, 1.54) is 30.3 Å². The molecule has 0 atom stereocenters. The predicted molar refractivity (Wildman–Crippen MR) is 94.3 cm³/mol. The van der Waals surface area contributed by atoms with Gasteiger partial charge in [0.05, 0.1) is 16.0 Å². The van der Waals surface area contributed by atoms with Crippen LogP contribution in [0.2, 0.25) is 5.02 Å². The van der Waals surface area contributed by atoms with Crippen LogP contribution >= 0.6 is 27.5 Å². The molecule has 0 aliphatic carbocycles. The zero-order valence-corrected chi connectivity index (χ0v) is 14.9. The van der Waals surface area contributed by atoms with Gasteiger partial charge in [-0.2, -0.15) is 0 Å². The SMILES string of the molecule is O=C1N/C(=C/c2cc(Cl)c(O)c(Br)c2)C(=O)N1Cc1ccccc1F. The van der Waals surface area contributed by atoms with E-state index >= 15 is 0 Å². The van der Waals surface area contributed by atoms with Crippen molar-refractivity contribution in [2.45, 2.75) is 6.54 Å². The first-order valence-corrected chi connectivity index (χ1v) is 8.30. The number of carbonyl (C=O) groups excluding carboxylic acids is 2. The van der Waals surface area contributed by atoms with Crippen molar-refractivity contribution in [3.8, 4) is 5.75 Å². The van der Waals surface area contributed by atoms with E-state index in [1.807, 2.05) is 0 Å². The number of urea groups is 1. The summed E-state index contributed by atoms with van der Waals surface area (Å²) in [6, 6.07) is 8.30. The molecule has 2 N–H and O–H groups in total. The van der Waals surface area contributed by atoms with E-state index in [1.54, 1.807) is 12.1 Å². The molecule has 0 aromatic heterocycles. The molecule has 25 heavy (non-hydrogen) atoms. The predicted octanol–water partition coefficient (Wildman–Crippen LogP) is 4.04. The monoisotopic (exact) mass is 424 g/mol. The lowest BCUT2D eigenvalue weighted by atomic mass is 10.1. The highest BCUT2D eigenvalue weighted by molar-refractivity contribution is 9.10. The maximum Gasteiger partial charge on any atom is 0.329 e. The summed E-state index contributed by atoms with van der Waals surface area (Å²) in [6.45, 7) is -0.172. The highest BCUT2D eigenvalue weighted by atomic mass is 79.9. The minimum Gasteiger partial charge on any atom is -0.505 e. The van der Waals surface area contributed by atoms with Crippen molar-refractivity contribution in [2.75, 3.05) is 0 Å². The average molecular weight is 426 g/mol. The lowest BCUT2D eigenvalue weighted by molar-refractivity contribution is -0.123. The van der Waals surface area contributed by atoms with Gasteiger partial charge in [0, 0.05) is 5.56 Å². The molecule has 1 fully saturated rings. The van der Waals surface area contributed by atoms with Crippen LogP contribution in [0.1, 0.15) is 11.1 Å². The maximum absolute atomic E-state index is 13.7. The number of benzene rings is 2. The Morgan fingerprint density at radius 1 is 1.28 bits per heavy atom. The lowest BCUT2D eigenvalue weighted by Crippen LogP contribution is -2.30. The Bertz CT molecular complexity index is 894. The van der Waals surface area contributed by atoms with Gasteiger partial charge < -0.3 is 10.4 Å². The first-order valence-electron chi connectivity index (χ1n) is 7.13. The van der Waals surface area contributed by atoms with Gasteiger partial charge in [-0.3, -0.25) is 9.69 Å². The van der Waals surface area contributed by atoms with E-state index in [9.17, 15) is 19.1 Å². The molecular formula is C17H11BrClFN2O3. The Labute approximate surface area is 155 Å². The Morgan fingerprint density at radius 2 is 2.00 bits per heavy atom. The summed E-state index contributed by atoms with van der Waals surface area (Å²) in [4.78, 5) is 25.4. The molecule has 0 unspecified atom stereocenters. The van der Waals surface area contributed by atoms with Crippen LogP contribution < -0.4 is 5.32 Å². The van der Waals surface area contributed by atoms with Crippen LogP contribution in [0.15, 0.2) is 46.6 Å². The van der Waals surface area contributed by atoms with Crippen LogP contribution in [0.25, 0.3) is 6.08 Å². The van der Waals surface area contributed by atoms with Crippen molar-refractivity contribution in [1.29, 1.82) is 0 Å². The van der Waals surface area contributed by atoms with E-state index in [0.717, 1.165) is 4.90 Å². The van der Waals surface area contributed by atoms with Gasteiger partial charge in [0.15, 0.2) is 0 Å². The van der Waals surface area contributed by atoms with Gasteiger partial charge >= 0.3 is 6.03 Å². The lowest BCUT2D eigenvalue weighted by Gasteiger charge is -2.12. The highest BCUT2D eigenvalue weighted by Gasteiger charge is 2.34. The molecule has 128 valence electrons. The Balaban J connectivity index is 1.87. The number of phenols is 1. The molecule has 8 heteroatoms. The van der Waals surface area contributed by atoms with Crippen molar-refractivity contribution in [2.24, 2.45) is 0 Å². The van der Waals surface area contributed by atoms with E-state index < -0.39 is 17.8 Å². The summed E-state index contributed by atoms with van der Waals surface area (Å²) in [5.74, 6) is -1.19. The number of hydrogen-bond acceptors (Lipinski definition) is 3. The number of imide groups is 1. The zero-order chi connectivity index (χ0) is 18.1. The van der Waals surface area contributed by atoms with Crippen molar-refractivity contribution in [3.05, 3.63) is 68.5 Å². The molecule has 1 saturated heterocycles. The minimum absolute atomic E-state index is 0.0370. The minimum atomic E-state index is -0.636. The fourth-order valence-corrected chi connectivity index (χ4v) is 3.17. The summed E-state index contributed by atoms with van der Waals surface area (Å²) in [5.41, 5.74) is 0.781. The van der Waals surface area contributed by atoms with Crippen molar-refractivity contribution < 1.29 is 19.1 Å². The second kappa shape index (κ2) is 6.85. The van der Waals surface area contributed by atoms with Crippen LogP contribution in [-0.4, -0.2) is 21.9 Å². The summed E-state index contributed by atoms with van der Waals surface area (Å²) >= 11 is 9.04. The number of amides is 3. The molecule has 3 amide bonds. The zero-order valence-electron chi connectivity index (χ0n) is 12.6. The van der Waals surface area contributed by atoms with Crippen LogP contribution in [0.4, 0.5) is 9.18 Å². The van der Waals surface area contributed by atoms with Gasteiger partial charge in [0.2, 0.25) is 0 Å². The van der Waals surface area contributed by atoms with Crippen LogP contribution in [0, 0.1) is 5.82 Å². The van der Waals surface area contributed by atoms with E-state index in [4.69, 9.17) is 11.6 Å². The number of carbonyl (C=O) groups is 2. The average Bonchev–Trinajstić information content (AvgIpc) is 2.82. The van der Waals surface area contributed by atoms with Gasteiger partial charge in [-0.25, -0.2) is 9.18 Å². The molecule has 3 rings (SSSR count). The molecule has 2 aromatic carbocycles. The van der Waals surface area contributed by atoms with Crippen LogP contribution in [0.3, 0.4) is 0 Å². The fourth-order valence-electron chi connectivity index (χ4n) is 2.35. The molecular weight excluding hydrogens is 415 g/mol. The third-order valence-electron chi connectivity index (χ3n) is 3.60. The van der Waals surface area contributed by atoms with Crippen molar-refractivity contribution in [3.63, 3.8) is 0 Å². The van der Waals surface area contributed by atoms with Gasteiger partial charge in [0.1, 0.15) is 17.3 Å². The normalized spacial score (nSPS) is 15.8. The number of aromatic hydroxyl groups is 1. The summed E-state index contributed by atoms with van der Waals surface area (Å²) in [7, 11) is 0. The van der Waals surface area contributed by atoms with E-state index in [0.29, 0.717) is 10.0 Å². The van der Waals surface area contributed by atoms with Crippen LogP contribution in [-0.2, 0) is 11.3 Å². The van der Waals surface area contributed by atoms with E-state index in [-0.39, 0.29) is 28.6 Å². The molecule has 0 spiro atoms. The van der Waals surface area contributed by atoms with Gasteiger partial charge in [-0.05, 0) is 45.8 Å². The molecule has 1 heterocycles. The Kier molecular flexibility index (Phi) is 4.78. The molecule has 0 radical (unpaired) electrons. The molecule has 5 nitrogen and oxygen atoms in total. The first-order chi connectivity index (χ1) is 11.9. The van der Waals surface area contributed by atoms with Crippen molar-refractivity contribution in [1.82, 2.24) is 10.2 Å². The Morgan fingerprint density at radius 3 is 2.68 bits per heavy atom. The number of phenolic OH excluding ortho intramolecular Hbond substituents is 1. The molecule has 1 aliphatic rings. The van der Waals surface area contributed by atoms with Crippen molar-refractivity contribution >= 4 is 45.5 Å². The number of nitrogens with one attached hydrogen (secondary N) is 1. The number of nitrogens with zero attached hydrogens (tertiary/aromatic N) is 1. The summed E-state index contributed by atoms with van der Waals surface area (Å²) < 4.78 is 14.1. The number of halogens is 3.